The molecular weight excluding hydrogens is 374 g/mol. The Morgan fingerprint density at radius 3 is 2.41 bits per heavy atom. The van der Waals surface area contributed by atoms with Gasteiger partial charge in [-0.3, -0.25) is 4.79 Å². The van der Waals surface area contributed by atoms with Crippen molar-refractivity contribution in [3.05, 3.63) is 42.5 Å². The summed E-state index contributed by atoms with van der Waals surface area (Å²) in [6.07, 6.45) is 1.36. The average molecular weight is 399 g/mol. The molecule has 29 heavy (non-hydrogen) atoms. The molecule has 154 valence electrons. The fourth-order valence-corrected chi connectivity index (χ4v) is 3.32. The summed E-state index contributed by atoms with van der Waals surface area (Å²) in [5, 5.41) is 5.69. The third-order valence-electron chi connectivity index (χ3n) is 4.79. The van der Waals surface area contributed by atoms with Gasteiger partial charge in [0, 0.05) is 30.1 Å². The summed E-state index contributed by atoms with van der Waals surface area (Å²) in [6, 6.07) is 11.4. The highest BCUT2D eigenvalue weighted by atomic mass is 16.5. The Labute approximate surface area is 169 Å². The van der Waals surface area contributed by atoms with E-state index < -0.39 is 6.04 Å². The van der Waals surface area contributed by atoms with Crippen LogP contribution in [0.5, 0.6) is 17.2 Å². The predicted molar refractivity (Wildman–Crippen MR) is 110 cm³/mol. The lowest BCUT2D eigenvalue weighted by atomic mass is 10.2. The van der Waals surface area contributed by atoms with Crippen LogP contribution in [-0.2, 0) is 4.79 Å². The van der Waals surface area contributed by atoms with E-state index in [4.69, 9.17) is 14.2 Å². The Morgan fingerprint density at radius 1 is 0.931 bits per heavy atom. The number of anilines is 2. The minimum Gasteiger partial charge on any atom is -0.497 e. The number of rotatable bonds is 6. The fourth-order valence-electron chi connectivity index (χ4n) is 3.32. The maximum atomic E-state index is 12.8. The highest BCUT2D eigenvalue weighted by Gasteiger charge is 2.34. The highest BCUT2D eigenvalue weighted by Crippen LogP contribution is 2.30. The van der Waals surface area contributed by atoms with E-state index in [1.165, 1.54) is 7.11 Å². The van der Waals surface area contributed by atoms with E-state index in [0.717, 1.165) is 6.42 Å². The molecule has 1 heterocycles. The number of hydrogen-bond donors (Lipinski definition) is 2. The molecule has 8 nitrogen and oxygen atoms in total. The molecule has 1 saturated heterocycles. The molecule has 0 aliphatic carbocycles. The van der Waals surface area contributed by atoms with Crippen molar-refractivity contribution in [1.82, 2.24) is 4.90 Å². The number of likely N-dealkylation sites (tertiary alicyclic amines) is 1. The summed E-state index contributed by atoms with van der Waals surface area (Å²) < 4.78 is 15.7. The molecular formula is C21H25N3O5. The summed E-state index contributed by atoms with van der Waals surface area (Å²) in [5.74, 6) is 1.50. The van der Waals surface area contributed by atoms with E-state index in [1.54, 1.807) is 61.6 Å². The fraction of sp³-hybridized carbons (Fsp3) is 0.333. The number of methoxy groups -OCH3 is 3. The summed E-state index contributed by atoms with van der Waals surface area (Å²) in [7, 11) is 4.65. The van der Waals surface area contributed by atoms with Crippen molar-refractivity contribution in [2.24, 2.45) is 0 Å². The van der Waals surface area contributed by atoms with E-state index in [9.17, 15) is 9.59 Å². The Kier molecular flexibility index (Phi) is 6.43. The van der Waals surface area contributed by atoms with Crippen molar-refractivity contribution in [2.75, 3.05) is 38.5 Å². The number of ether oxygens (including phenoxy) is 3. The molecule has 3 amide bonds. The molecule has 1 fully saturated rings. The molecule has 0 radical (unpaired) electrons. The molecule has 0 saturated carbocycles. The van der Waals surface area contributed by atoms with Gasteiger partial charge in [-0.2, -0.15) is 0 Å². The van der Waals surface area contributed by atoms with E-state index >= 15 is 0 Å². The molecule has 2 N–H and O–H groups in total. The Hall–Kier alpha value is -3.42. The Morgan fingerprint density at radius 2 is 1.69 bits per heavy atom. The van der Waals surface area contributed by atoms with Gasteiger partial charge < -0.3 is 29.7 Å². The van der Waals surface area contributed by atoms with E-state index in [0.29, 0.717) is 41.6 Å². The maximum Gasteiger partial charge on any atom is 0.322 e. The zero-order valence-electron chi connectivity index (χ0n) is 16.7. The van der Waals surface area contributed by atoms with Gasteiger partial charge in [-0.05, 0) is 37.1 Å². The van der Waals surface area contributed by atoms with Crippen molar-refractivity contribution in [3.8, 4) is 17.2 Å². The van der Waals surface area contributed by atoms with Gasteiger partial charge in [-0.25, -0.2) is 4.79 Å². The quantitative estimate of drug-likeness (QED) is 0.778. The van der Waals surface area contributed by atoms with Crippen LogP contribution in [0, 0.1) is 0 Å². The van der Waals surface area contributed by atoms with Gasteiger partial charge in [0.05, 0.1) is 21.3 Å². The van der Waals surface area contributed by atoms with Crippen LogP contribution < -0.4 is 24.8 Å². The minimum atomic E-state index is -0.547. The van der Waals surface area contributed by atoms with Crippen LogP contribution in [0.15, 0.2) is 42.5 Å². The van der Waals surface area contributed by atoms with Crippen LogP contribution in [0.3, 0.4) is 0 Å². The first-order valence-electron chi connectivity index (χ1n) is 9.30. The van der Waals surface area contributed by atoms with Gasteiger partial charge in [-0.15, -0.1) is 0 Å². The first-order valence-corrected chi connectivity index (χ1v) is 9.30. The number of amides is 3. The van der Waals surface area contributed by atoms with Crippen LogP contribution in [0.4, 0.5) is 16.2 Å². The summed E-state index contributed by atoms with van der Waals surface area (Å²) in [5.41, 5.74) is 1.19. The van der Waals surface area contributed by atoms with Crippen molar-refractivity contribution >= 4 is 23.3 Å². The van der Waals surface area contributed by atoms with E-state index in [-0.39, 0.29) is 11.9 Å². The van der Waals surface area contributed by atoms with Crippen molar-refractivity contribution in [3.63, 3.8) is 0 Å². The van der Waals surface area contributed by atoms with Crippen molar-refractivity contribution in [2.45, 2.75) is 18.9 Å². The van der Waals surface area contributed by atoms with Crippen molar-refractivity contribution < 1.29 is 23.8 Å². The van der Waals surface area contributed by atoms with Gasteiger partial charge in [0.2, 0.25) is 5.91 Å². The van der Waals surface area contributed by atoms with Crippen LogP contribution in [0.1, 0.15) is 12.8 Å². The van der Waals surface area contributed by atoms with Crippen LogP contribution in [0.2, 0.25) is 0 Å². The van der Waals surface area contributed by atoms with Gasteiger partial charge in [-0.1, -0.05) is 6.07 Å². The molecule has 2 aromatic carbocycles. The number of hydrogen-bond acceptors (Lipinski definition) is 5. The second-order valence-electron chi connectivity index (χ2n) is 6.57. The number of nitrogens with zero attached hydrogens (tertiary/aromatic N) is 1. The third kappa shape index (κ3) is 4.71. The molecule has 1 aliphatic rings. The monoisotopic (exact) mass is 399 g/mol. The minimum absolute atomic E-state index is 0.240. The number of carbonyl (C=O) groups is 2. The van der Waals surface area contributed by atoms with E-state index in [1.807, 2.05) is 0 Å². The molecule has 1 atom stereocenters. The zero-order chi connectivity index (χ0) is 20.8. The normalized spacial score (nSPS) is 15.6. The summed E-state index contributed by atoms with van der Waals surface area (Å²) in [4.78, 5) is 27.1. The lowest BCUT2D eigenvalue weighted by molar-refractivity contribution is -0.119. The second kappa shape index (κ2) is 9.18. The lowest BCUT2D eigenvalue weighted by Crippen LogP contribution is -2.45. The second-order valence-corrected chi connectivity index (χ2v) is 6.57. The Balaban J connectivity index is 1.67. The topological polar surface area (TPSA) is 89.1 Å². The molecule has 0 spiro atoms. The molecule has 0 bridgehead atoms. The lowest BCUT2D eigenvalue weighted by Gasteiger charge is -2.24. The number of urea groups is 1. The number of benzene rings is 2. The van der Waals surface area contributed by atoms with Gasteiger partial charge in [0.1, 0.15) is 11.8 Å². The average Bonchev–Trinajstić information content (AvgIpc) is 3.24. The maximum absolute atomic E-state index is 12.8. The number of carbonyl (C=O) groups excluding carboxylic acids is 2. The largest absolute Gasteiger partial charge is 0.497 e. The zero-order valence-corrected chi connectivity index (χ0v) is 16.7. The smallest absolute Gasteiger partial charge is 0.322 e. The predicted octanol–water partition coefficient (Wildman–Crippen LogP) is 3.35. The summed E-state index contributed by atoms with van der Waals surface area (Å²) >= 11 is 0. The molecule has 0 aromatic heterocycles. The van der Waals surface area contributed by atoms with Crippen LogP contribution in [0.25, 0.3) is 0 Å². The standard InChI is InChI=1S/C21H25N3O5/c1-27-16-7-4-6-14(12-16)23-21(26)24-11-5-8-17(24)20(25)22-15-9-10-18(28-2)19(13-15)29-3/h4,6-7,9-10,12-13,17H,5,8,11H2,1-3H3,(H,22,25)(H,23,26)/t17-/m1/s1. The molecule has 0 unspecified atom stereocenters. The third-order valence-corrected chi connectivity index (χ3v) is 4.79. The SMILES string of the molecule is COc1cccc(NC(=O)N2CCC[C@@H]2C(=O)Nc2ccc(OC)c(OC)c2)c1. The first-order chi connectivity index (χ1) is 14.0. The molecule has 3 rings (SSSR count). The van der Waals surface area contributed by atoms with Gasteiger partial charge in [0.15, 0.2) is 11.5 Å². The molecule has 8 heteroatoms. The van der Waals surface area contributed by atoms with Crippen LogP contribution in [-0.4, -0.2) is 50.8 Å². The van der Waals surface area contributed by atoms with Crippen LogP contribution >= 0.6 is 0 Å². The molecule has 1 aliphatic heterocycles. The molecule has 2 aromatic rings. The number of nitrogens with one attached hydrogen (secondary N) is 2. The van der Waals surface area contributed by atoms with Gasteiger partial charge in [0.25, 0.3) is 0 Å². The summed E-state index contributed by atoms with van der Waals surface area (Å²) in [6.45, 7) is 0.514. The van der Waals surface area contributed by atoms with E-state index in [2.05, 4.69) is 10.6 Å². The highest BCUT2D eigenvalue weighted by molar-refractivity contribution is 5.99. The Bertz CT molecular complexity index is 886. The first kappa shape index (κ1) is 20.3. The van der Waals surface area contributed by atoms with Crippen molar-refractivity contribution in [1.29, 1.82) is 0 Å². The van der Waals surface area contributed by atoms with Gasteiger partial charge >= 0.3 is 6.03 Å².